The molecule has 2 saturated carbocycles. The van der Waals surface area contributed by atoms with Gasteiger partial charge in [0.25, 0.3) is 0 Å². The fourth-order valence-electron chi connectivity index (χ4n) is 4.81. The molecule has 1 aromatic heterocycles. The van der Waals surface area contributed by atoms with Crippen molar-refractivity contribution in [2.24, 2.45) is 16.3 Å². The Balaban J connectivity index is 1.48. The molecule has 3 atom stereocenters. The van der Waals surface area contributed by atoms with E-state index >= 15 is 0 Å². The predicted molar refractivity (Wildman–Crippen MR) is 91.8 cm³/mol. The largest absolute Gasteiger partial charge is 0.377 e. The Kier molecular flexibility index (Phi) is 4.03. The summed E-state index contributed by atoms with van der Waals surface area (Å²) in [6, 6.07) is 0.501. The van der Waals surface area contributed by atoms with Crippen molar-refractivity contribution in [2.45, 2.75) is 65.1 Å². The summed E-state index contributed by atoms with van der Waals surface area (Å²) in [6.45, 7) is 8.40. The topological polar surface area (TPSA) is 71.7 Å². The SMILES string of the molecule is CCNC(=NCc1c(C)noc1C)NC1C2CCOC2C12CCC2. The Labute approximate surface area is 143 Å². The number of aryl methyl sites for hydroxylation is 2. The monoisotopic (exact) mass is 332 g/mol. The minimum Gasteiger partial charge on any atom is -0.377 e. The fraction of sp³-hybridized carbons (Fsp3) is 0.778. The van der Waals surface area contributed by atoms with Crippen LogP contribution in [0.2, 0.25) is 0 Å². The van der Waals surface area contributed by atoms with E-state index in [0.717, 1.165) is 36.1 Å². The third kappa shape index (κ3) is 2.34. The van der Waals surface area contributed by atoms with Crippen LogP contribution in [-0.4, -0.2) is 36.4 Å². The molecule has 6 heteroatoms. The van der Waals surface area contributed by atoms with Crippen LogP contribution < -0.4 is 10.6 Å². The van der Waals surface area contributed by atoms with Gasteiger partial charge < -0.3 is 19.9 Å². The van der Waals surface area contributed by atoms with Crippen LogP contribution in [0.3, 0.4) is 0 Å². The quantitative estimate of drug-likeness (QED) is 0.654. The molecule has 132 valence electrons. The number of aliphatic imine (C=N–C) groups is 1. The van der Waals surface area contributed by atoms with E-state index in [4.69, 9.17) is 14.3 Å². The zero-order valence-corrected chi connectivity index (χ0v) is 14.9. The minimum atomic E-state index is 0.361. The lowest BCUT2D eigenvalue weighted by molar-refractivity contribution is -0.171. The average molecular weight is 332 g/mol. The van der Waals surface area contributed by atoms with E-state index in [0.29, 0.717) is 30.0 Å². The molecule has 3 aliphatic rings. The maximum Gasteiger partial charge on any atom is 0.191 e. The number of nitrogens with one attached hydrogen (secondary N) is 2. The maximum atomic E-state index is 6.01. The molecule has 6 nitrogen and oxygen atoms in total. The van der Waals surface area contributed by atoms with E-state index in [-0.39, 0.29) is 0 Å². The minimum absolute atomic E-state index is 0.361. The van der Waals surface area contributed by atoms with Gasteiger partial charge in [-0.15, -0.1) is 0 Å². The predicted octanol–water partition coefficient (Wildman–Crippen LogP) is 2.30. The second-order valence-electron chi connectivity index (χ2n) is 7.45. The number of nitrogens with zero attached hydrogens (tertiary/aromatic N) is 2. The highest BCUT2D eigenvalue weighted by Gasteiger charge is 2.66. The average Bonchev–Trinajstić information content (AvgIpc) is 3.06. The fourth-order valence-corrected chi connectivity index (χ4v) is 4.81. The maximum absolute atomic E-state index is 6.01. The lowest BCUT2D eigenvalue weighted by Crippen LogP contribution is -2.72. The smallest absolute Gasteiger partial charge is 0.191 e. The van der Waals surface area contributed by atoms with Crippen LogP contribution in [0.1, 0.15) is 49.6 Å². The van der Waals surface area contributed by atoms with Crippen LogP contribution in [0.15, 0.2) is 9.52 Å². The van der Waals surface area contributed by atoms with E-state index in [1.807, 2.05) is 13.8 Å². The molecule has 1 saturated heterocycles. The Morgan fingerprint density at radius 2 is 2.21 bits per heavy atom. The second-order valence-corrected chi connectivity index (χ2v) is 7.45. The molecular formula is C18H28N4O2. The highest BCUT2D eigenvalue weighted by Crippen LogP contribution is 2.62. The number of guanidine groups is 1. The van der Waals surface area contributed by atoms with Crippen molar-refractivity contribution in [3.8, 4) is 0 Å². The van der Waals surface area contributed by atoms with E-state index in [1.54, 1.807) is 0 Å². The van der Waals surface area contributed by atoms with Crippen molar-refractivity contribution in [1.29, 1.82) is 0 Å². The first-order valence-electron chi connectivity index (χ1n) is 9.24. The normalized spacial score (nSPS) is 30.6. The first kappa shape index (κ1) is 15.9. The van der Waals surface area contributed by atoms with Crippen LogP contribution in [0.25, 0.3) is 0 Å². The number of aromatic nitrogens is 1. The van der Waals surface area contributed by atoms with Crippen molar-refractivity contribution < 1.29 is 9.26 Å². The second kappa shape index (κ2) is 6.06. The zero-order chi connectivity index (χ0) is 16.7. The first-order chi connectivity index (χ1) is 11.7. The zero-order valence-electron chi connectivity index (χ0n) is 14.9. The van der Waals surface area contributed by atoms with Crippen LogP contribution in [0, 0.1) is 25.2 Å². The van der Waals surface area contributed by atoms with Gasteiger partial charge in [0, 0.05) is 36.1 Å². The molecule has 2 heterocycles. The molecule has 1 aromatic rings. The Hall–Kier alpha value is -1.56. The van der Waals surface area contributed by atoms with Crippen LogP contribution >= 0.6 is 0 Å². The highest BCUT2D eigenvalue weighted by atomic mass is 16.5. The Morgan fingerprint density at radius 3 is 2.83 bits per heavy atom. The first-order valence-corrected chi connectivity index (χ1v) is 9.24. The molecule has 2 N–H and O–H groups in total. The standard InChI is InChI=1S/C18H28N4O2/c1-4-19-17(20-10-14-11(2)22-24-12(14)3)21-15-13-6-9-23-16(13)18(15)7-5-8-18/h13,15-16H,4-10H2,1-3H3,(H2,19,20,21). The van der Waals surface area contributed by atoms with Gasteiger partial charge in [0.2, 0.25) is 0 Å². The lowest BCUT2D eigenvalue weighted by atomic mass is 9.46. The summed E-state index contributed by atoms with van der Waals surface area (Å²) >= 11 is 0. The number of hydrogen-bond donors (Lipinski definition) is 2. The van der Waals surface area contributed by atoms with Crippen molar-refractivity contribution in [3.05, 3.63) is 17.0 Å². The van der Waals surface area contributed by atoms with Gasteiger partial charge in [-0.2, -0.15) is 0 Å². The third-order valence-corrected chi connectivity index (χ3v) is 6.25. The highest BCUT2D eigenvalue weighted by molar-refractivity contribution is 5.80. The Morgan fingerprint density at radius 1 is 1.38 bits per heavy atom. The third-order valence-electron chi connectivity index (χ3n) is 6.25. The summed E-state index contributed by atoms with van der Waals surface area (Å²) in [5, 5.41) is 11.1. The van der Waals surface area contributed by atoms with Crippen LogP contribution in [-0.2, 0) is 11.3 Å². The van der Waals surface area contributed by atoms with Gasteiger partial charge in [-0.05, 0) is 40.0 Å². The number of ether oxygens (including phenoxy) is 1. The molecule has 1 spiro atoms. The summed E-state index contributed by atoms with van der Waals surface area (Å²) in [5.41, 5.74) is 2.37. The van der Waals surface area contributed by atoms with Gasteiger partial charge in [-0.1, -0.05) is 11.6 Å². The van der Waals surface area contributed by atoms with Crippen molar-refractivity contribution >= 4 is 5.96 Å². The van der Waals surface area contributed by atoms with Crippen molar-refractivity contribution in [1.82, 2.24) is 15.8 Å². The molecule has 3 fully saturated rings. The summed E-state index contributed by atoms with van der Waals surface area (Å²) in [6.07, 6.45) is 5.56. The molecule has 0 aromatic carbocycles. The van der Waals surface area contributed by atoms with Crippen LogP contribution in [0.4, 0.5) is 0 Å². The van der Waals surface area contributed by atoms with Gasteiger partial charge in [-0.25, -0.2) is 4.99 Å². The van der Waals surface area contributed by atoms with Gasteiger partial charge >= 0.3 is 0 Å². The molecule has 2 aliphatic carbocycles. The Bertz CT molecular complexity index is 615. The van der Waals surface area contributed by atoms with Gasteiger partial charge in [-0.3, -0.25) is 0 Å². The molecule has 0 bridgehead atoms. The van der Waals surface area contributed by atoms with E-state index < -0.39 is 0 Å². The molecular weight excluding hydrogens is 304 g/mol. The van der Waals surface area contributed by atoms with Crippen molar-refractivity contribution in [2.75, 3.05) is 13.2 Å². The molecule has 0 radical (unpaired) electrons. The van der Waals surface area contributed by atoms with Crippen molar-refractivity contribution in [3.63, 3.8) is 0 Å². The van der Waals surface area contributed by atoms with E-state index in [1.165, 1.54) is 25.7 Å². The number of rotatable bonds is 4. The molecule has 4 rings (SSSR count). The summed E-state index contributed by atoms with van der Waals surface area (Å²) in [5.74, 6) is 2.41. The molecule has 1 aliphatic heterocycles. The summed E-state index contributed by atoms with van der Waals surface area (Å²) in [4.78, 5) is 4.79. The van der Waals surface area contributed by atoms with Gasteiger partial charge in [0.1, 0.15) is 5.76 Å². The molecule has 3 unspecified atom stereocenters. The van der Waals surface area contributed by atoms with Crippen LogP contribution in [0.5, 0.6) is 0 Å². The van der Waals surface area contributed by atoms with Gasteiger partial charge in [0.05, 0.1) is 18.3 Å². The van der Waals surface area contributed by atoms with E-state index in [2.05, 4.69) is 22.7 Å². The molecule has 0 amide bonds. The lowest BCUT2D eigenvalue weighted by Gasteiger charge is -2.63. The molecule has 24 heavy (non-hydrogen) atoms. The number of hydrogen-bond acceptors (Lipinski definition) is 4. The summed E-state index contributed by atoms with van der Waals surface area (Å²) in [7, 11) is 0. The summed E-state index contributed by atoms with van der Waals surface area (Å²) < 4.78 is 11.3. The van der Waals surface area contributed by atoms with Gasteiger partial charge in [0.15, 0.2) is 5.96 Å². The van der Waals surface area contributed by atoms with E-state index in [9.17, 15) is 0 Å². The number of fused-ring (bicyclic) bond motifs is 2.